The summed E-state index contributed by atoms with van der Waals surface area (Å²) in [5.41, 5.74) is 5.30. The smallest absolute Gasteiger partial charge is 0.472 e. The third kappa shape index (κ3) is 31.0. The van der Waals surface area contributed by atoms with Gasteiger partial charge in [0.15, 0.2) is 6.10 Å². The molecule has 11 nitrogen and oxygen atoms in total. The topological polar surface area (TPSA) is 172 Å². The minimum absolute atomic E-state index is 0.159. The van der Waals surface area contributed by atoms with Crippen LogP contribution in [0.1, 0.15) is 149 Å². The molecule has 0 radical (unpaired) electrons. The zero-order chi connectivity index (χ0) is 35.0. The number of phosphoric acid groups is 1. The van der Waals surface area contributed by atoms with Crippen LogP contribution in [0.3, 0.4) is 0 Å². The monoisotopic (exact) mass is 689 g/mol. The van der Waals surface area contributed by atoms with Gasteiger partial charge in [-0.1, -0.05) is 122 Å². The Bertz CT molecular complexity index is 911. The second-order valence-electron chi connectivity index (χ2n) is 12.0. The van der Waals surface area contributed by atoms with Gasteiger partial charge in [-0.05, 0) is 38.5 Å². The summed E-state index contributed by atoms with van der Waals surface area (Å²) in [6.07, 6.45) is 28.4. The van der Waals surface area contributed by atoms with E-state index < -0.39 is 51.1 Å². The number of hydrogen-bond donors (Lipinski definition) is 3. The van der Waals surface area contributed by atoms with Crippen LogP contribution in [-0.4, -0.2) is 59.9 Å². The number of phosphoric ester groups is 1. The molecule has 0 amide bonds. The highest BCUT2D eigenvalue weighted by atomic mass is 31.2. The normalized spacial score (nSPS) is 14.3. The second kappa shape index (κ2) is 31.2. The number of carboxylic acid groups (broad SMARTS) is 1. The van der Waals surface area contributed by atoms with E-state index in [4.69, 9.17) is 24.8 Å². The van der Waals surface area contributed by atoms with Gasteiger partial charge in [-0.15, -0.1) is 0 Å². The van der Waals surface area contributed by atoms with Crippen molar-refractivity contribution in [3.8, 4) is 0 Å². The van der Waals surface area contributed by atoms with Gasteiger partial charge in [0.2, 0.25) is 0 Å². The first kappa shape index (κ1) is 45.0. The number of allylic oxidation sites excluding steroid dienone is 4. The minimum Gasteiger partial charge on any atom is -0.480 e. The first-order valence-corrected chi connectivity index (χ1v) is 19.4. The van der Waals surface area contributed by atoms with Crippen LogP contribution < -0.4 is 5.73 Å². The number of rotatable bonds is 33. The molecular weight excluding hydrogens is 625 g/mol. The summed E-state index contributed by atoms with van der Waals surface area (Å²) in [5, 5.41) is 8.83. The zero-order valence-electron chi connectivity index (χ0n) is 29.1. The van der Waals surface area contributed by atoms with Crippen LogP contribution in [0.4, 0.5) is 0 Å². The predicted molar refractivity (Wildman–Crippen MR) is 185 cm³/mol. The summed E-state index contributed by atoms with van der Waals surface area (Å²) < 4.78 is 32.4. The molecule has 1 unspecified atom stereocenters. The van der Waals surface area contributed by atoms with Crippen LogP contribution in [0.15, 0.2) is 24.3 Å². The van der Waals surface area contributed by atoms with Gasteiger partial charge in [0.1, 0.15) is 12.6 Å². The van der Waals surface area contributed by atoms with Gasteiger partial charge in [-0.2, -0.15) is 0 Å². The molecule has 12 heteroatoms. The Morgan fingerprint density at radius 1 is 0.660 bits per heavy atom. The molecule has 0 aliphatic rings. The molecule has 0 aromatic rings. The minimum atomic E-state index is -4.70. The molecule has 47 heavy (non-hydrogen) atoms. The fraction of sp³-hybridized carbons (Fsp3) is 0.800. The van der Waals surface area contributed by atoms with Crippen LogP contribution >= 0.6 is 7.82 Å². The van der Waals surface area contributed by atoms with Crippen molar-refractivity contribution >= 4 is 25.7 Å². The van der Waals surface area contributed by atoms with Crippen molar-refractivity contribution in [2.24, 2.45) is 5.73 Å². The van der Waals surface area contributed by atoms with Gasteiger partial charge < -0.3 is 25.2 Å². The number of carboxylic acids is 1. The van der Waals surface area contributed by atoms with E-state index in [9.17, 15) is 23.8 Å². The Labute approximate surface area is 283 Å². The number of esters is 2. The van der Waals surface area contributed by atoms with E-state index >= 15 is 0 Å². The molecule has 0 aromatic heterocycles. The molecule has 3 atom stereocenters. The third-order valence-electron chi connectivity index (χ3n) is 7.48. The molecule has 0 aliphatic heterocycles. The summed E-state index contributed by atoms with van der Waals surface area (Å²) >= 11 is 0. The van der Waals surface area contributed by atoms with Crippen LogP contribution in [0.2, 0.25) is 0 Å². The molecule has 0 fully saturated rings. The van der Waals surface area contributed by atoms with Crippen LogP contribution in [-0.2, 0) is 37.5 Å². The summed E-state index contributed by atoms with van der Waals surface area (Å²) in [6.45, 7) is 2.69. The lowest BCUT2D eigenvalue weighted by Gasteiger charge is -2.20. The fourth-order valence-corrected chi connectivity index (χ4v) is 5.36. The molecule has 0 spiro atoms. The first-order chi connectivity index (χ1) is 22.6. The lowest BCUT2D eigenvalue weighted by Crippen LogP contribution is -2.34. The van der Waals surface area contributed by atoms with E-state index in [0.717, 1.165) is 57.8 Å². The van der Waals surface area contributed by atoms with Crippen molar-refractivity contribution in [2.75, 3.05) is 19.8 Å². The van der Waals surface area contributed by atoms with Crippen molar-refractivity contribution < 1.29 is 47.5 Å². The van der Waals surface area contributed by atoms with E-state index in [1.54, 1.807) is 0 Å². The highest BCUT2D eigenvalue weighted by Gasteiger charge is 2.28. The average molecular weight is 690 g/mol. The Morgan fingerprint density at radius 3 is 1.64 bits per heavy atom. The van der Waals surface area contributed by atoms with Crippen LogP contribution in [0.25, 0.3) is 0 Å². The zero-order valence-corrected chi connectivity index (χ0v) is 30.0. The highest BCUT2D eigenvalue weighted by Crippen LogP contribution is 2.43. The van der Waals surface area contributed by atoms with Crippen molar-refractivity contribution in [3.63, 3.8) is 0 Å². The number of carbonyl (C=O) groups is 3. The van der Waals surface area contributed by atoms with Gasteiger partial charge in [-0.3, -0.25) is 23.4 Å². The third-order valence-corrected chi connectivity index (χ3v) is 8.43. The van der Waals surface area contributed by atoms with Crippen molar-refractivity contribution in [2.45, 2.75) is 161 Å². The van der Waals surface area contributed by atoms with E-state index in [-0.39, 0.29) is 19.4 Å². The molecule has 4 N–H and O–H groups in total. The Morgan fingerprint density at radius 2 is 1.11 bits per heavy atom. The van der Waals surface area contributed by atoms with Gasteiger partial charge in [0.25, 0.3) is 0 Å². The van der Waals surface area contributed by atoms with Gasteiger partial charge >= 0.3 is 25.7 Å². The molecule has 0 saturated heterocycles. The number of ether oxygens (including phenoxy) is 2. The number of unbranched alkanes of at least 4 members (excludes halogenated alkanes) is 16. The van der Waals surface area contributed by atoms with Crippen LogP contribution in [0, 0.1) is 0 Å². The fourth-order valence-electron chi connectivity index (χ4n) is 4.58. The summed E-state index contributed by atoms with van der Waals surface area (Å²) in [6, 6.07) is -1.52. The Balaban J connectivity index is 4.45. The van der Waals surface area contributed by atoms with E-state index in [0.29, 0.717) is 12.8 Å². The number of aliphatic carboxylic acids is 1. The summed E-state index contributed by atoms with van der Waals surface area (Å²) in [5.74, 6) is -2.40. The lowest BCUT2D eigenvalue weighted by molar-refractivity contribution is -0.161. The van der Waals surface area contributed by atoms with Gasteiger partial charge in [0.05, 0.1) is 13.2 Å². The van der Waals surface area contributed by atoms with Gasteiger partial charge in [-0.25, -0.2) is 4.57 Å². The molecule has 274 valence electrons. The maximum Gasteiger partial charge on any atom is 0.472 e. The van der Waals surface area contributed by atoms with Gasteiger partial charge in [0, 0.05) is 12.8 Å². The Kier molecular flexibility index (Phi) is 29.9. The Hall–Kier alpha value is -2.04. The van der Waals surface area contributed by atoms with Crippen LogP contribution in [0.5, 0.6) is 0 Å². The maximum atomic E-state index is 12.4. The first-order valence-electron chi connectivity index (χ1n) is 17.9. The maximum absolute atomic E-state index is 12.4. The summed E-state index contributed by atoms with van der Waals surface area (Å²) in [4.78, 5) is 45.5. The molecule has 0 bridgehead atoms. The highest BCUT2D eigenvalue weighted by molar-refractivity contribution is 7.47. The molecule has 0 saturated carbocycles. The molecule has 0 heterocycles. The second-order valence-corrected chi connectivity index (χ2v) is 13.5. The number of carbonyl (C=O) groups excluding carboxylic acids is 2. The SMILES string of the molecule is CCCCCC/C=C/C=C/CCCCCCCC(=O)OC[C@@H](COP(=O)(O)OC[C@@H](N)C(=O)O)OC(=O)CCCCCCCCCC. The summed E-state index contributed by atoms with van der Waals surface area (Å²) in [7, 11) is -4.70. The van der Waals surface area contributed by atoms with E-state index in [2.05, 4.69) is 42.7 Å². The van der Waals surface area contributed by atoms with Crippen molar-refractivity contribution in [1.82, 2.24) is 0 Å². The van der Waals surface area contributed by atoms with Crippen molar-refractivity contribution in [1.29, 1.82) is 0 Å². The van der Waals surface area contributed by atoms with E-state index in [1.807, 2.05) is 0 Å². The van der Waals surface area contributed by atoms with E-state index in [1.165, 1.54) is 51.4 Å². The quantitative estimate of drug-likeness (QED) is 0.0262. The molecule has 0 rings (SSSR count). The number of nitrogens with two attached hydrogens (primary N) is 1. The number of hydrogen-bond acceptors (Lipinski definition) is 9. The average Bonchev–Trinajstić information content (AvgIpc) is 3.04. The molecular formula is C35H64NO10P. The lowest BCUT2D eigenvalue weighted by atomic mass is 10.1. The van der Waals surface area contributed by atoms with Crippen molar-refractivity contribution in [3.05, 3.63) is 24.3 Å². The largest absolute Gasteiger partial charge is 0.480 e. The molecule has 0 aliphatic carbocycles. The standard InChI is InChI=1S/C35H64NO10P/c1-3-5-7-9-11-13-14-15-16-17-18-19-21-22-24-26-33(37)43-28-31(29-44-47(41,42)45-30-32(36)35(39)40)46-34(38)27-25-23-20-12-10-8-6-4-2/h13-16,31-32H,3-12,17-30,36H2,1-2H3,(H,39,40)(H,41,42)/b14-13+,16-15+/t31-,32+/m0/s1. The molecule has 0 aromatic carbocycles. The predicted octanol–water partition coefficient (Wildman–Crippen LogP) is 8.33.